The Balaban J connectivity index is 2.46. The van der Waals surface area contributed by atoms with Gasteiger partial charge in [-0.15, -0.1) is 0 Å². The van der Waals surface area contributed by atoms with E-state index in [1.54, 1.807) is 25.1 Å². The highest BCUT2D eigenvalue weighted by atomic mass is 35.5. The van der Waals surface area contributed by atoms with Gasteiger partial charge in [0.1, 0.15) is 0 Å². The summed E-state index contributed by atoms with van der Waals surface area (Å²) < 4.78 is 5.12. The molecule has 0 fully saturated rings. The van der Waals surface area contributed by atoms with Gasteiger partial charge in [0.25, 0.3) is 0 Å². The highest BCUT2D eigenvalue weighted by Gasteiger charge is 2.17. The Bertz CT molecular complexity index is 544. The molecule has 16 heavy (non-hydrogen) atoms. The Hall–Kier alpha value is -1.25. The van der Waals surface area contributed by atoms with Crippen molar-refractivity contribution in [2.24, 2.45) is 0 Å². The third-order valence-electron chi connectivity index (χ3n) is 2.24. The van der Waals surface area contributed by atoms with Gasteiger partial charge in [0.2, 0.25) is 5.78 Å². The summed E-state index contributed by atoms with van der Waals surface area (Å²) in [4.78, 5) is 12.0. The number of aryl methyl sites for hydroxylation is 1. The van der Waals surface area contributed by atoms with E-state index in [0.29, 0.717) is 21.4 Å². The first-order valence-electron chi connectivity index (χ1n) is 4.63. The maximum absolute atomic E-state index is 12.0. The topological polar surface area (TPSA) is 30.2 Å². The molecule has 0 amide bonds. The van der Waals surface area contributed by atoms with Crippen LogP contribution in [0.5, 0.6) is 0 Å². The van der Waals surface area contributed by atoms with Crippen LogP contribution in [0.2, 0.25) is 10.0 Å². The van der Waals surface area contributed by atoms with Crippen molar-refractivity contribution in [3.8, 4) is 0 Å². The van der Waals surface area contributed by atoms with Crippen molar-refractivity contribution in [2.45, 2.75) is 6.92 Å². The Kier molecular flexibility index (Phi) is 3.03. The Labute approximate surface area is 103 Å². The van der Waals surface area contributed by atoms with E-state index in [1.807, 2.05) is 0 Å². The lowest BCUT2D eigenvalue weighted by molar-refractivity contribution is 0.101. The quantitative estimate of drug-likeness (QED) is 0.755. The Morgan fingerprint density at radius 3 is 2.56 bits per heavy atom. The molecule has 0 atom stereocenters. The summed E-state index contributed by atoms with van der Waals surface area (Å²) in [7, 11) is 0. The molecular formula is C12H8Cl2O2. The second-order valence-corrected chi connectivity index (χ2v) is 4.23. The lowest BCUT2D eigenvalue weighted by atomic mass is 10.1. The van der Waals surface area contributed by atoms with Crippen LogP contribution in [0.4, 0.5) is 0 Å². The predicted octanol–water partition coefficient (Wildman–Crippen LogP) is 4.13. The van der Waals surface area contributed by atoms with Gasteiger partial charge in [-0.05, 0) is 36.8 Å². The number of carbonyl (C=O) groups is 1. The average Bonchev–Trinajstić information content (AvgIpc) is 2.63. The number of ketones is 1. The minimum Gasteiger partial charge on any atom is -0.461 e. The molecule has 4 heteroatoms. The minimum absolute atomic E-state index is 0.232. The molecule has 2 rings (SSSR count). The van der Waals surface area contributed by atoms with E-state index in [-0.39, 0.29) is 5.78 Å². The van der Waals surface area contributed by atoms with E-state index in [2.05, 4.69) is 0 Å². The molecule has 0 spiro atoms. The molecule has 0 aliphatic carbocycles. The molecule has 2 nitrogen and oxygen atoms in total. The van der Waals surface area contributed by atoms with Gasteiger partial charge in [-0.25, -0.2) is 0 Å². The zero-order valence-corrected chi connectivity index (χ0v) is 9.97. The standard InChI is InChI=1S/C12H8Cl2O2/c1-7-4-5-16-12(7)11(15)9-3-2-8(13)6-10(9)14/h2-6H,1H3. The molecular weight excluding hydrogens is 247 g/mol. The van der Waals surface area contributed by atoms with Crippen molar-refractivity contribution in [3.05, 3.63) is 57.5 Å². The molecule has 0 bridgehead atoms. The van der Waals surface area contributed by atoms with E-state index in [1.165, 1.54) is 12.3 Å². The maximum Gasteiger partial charge on any atom is 0.229 e. The number of furan rings is 1. The van der Waals surface area contributed by atoms with E-state index in [0.717, 1.165) is 5.56 Å². The van der Waals surface area contributed by atoms with E-state index < -0.39 is 0 Å². The Morgan fingerprint density at radius 2 is 2.00 bits per heavy atom. The van der Waals surface area contributed by atoms with Crippen molar-refractivity contribution in [3.63, 3.8) is 0 Å². The number of carbonyl (C=O) groups excluding carboxylic acids is 1. The zero-order valence-electron chi connectivity index (χ0n) is 8.46. The summed E-state index contributed by atoms with van der Waals surface area (Å²) in [6.45, 7) is 1.81. The molecule has 0 radical (unpaired) electrons. The van der Waals surface area contributed by atoms with Crippen molar-refractivity contribution in [2.75, 3.05) is 0 Å². The minimum atomic E-state index is -0.232. The van der Waals surface area contributed by atoms with Crippen LogP contribution in [0.1, 0.15) is 21.7 Å². The molecule has 0 aliphatic rings. The smallest absolute Gasteiger partial charge is 0.229 e. The van der Waals surface area contributed by atoms with E-state index in [4.69, 9.17) is 27.6 Å². The fourth-order valence-electron chi connectivity index (χ4n) is 1.40. The van der Waals surface area contributed by atoms with Gasteiger partial charge in [0.05, 0.1) is 11.3 Å². The van der Waals surface area contributed by atoms with E-state index >= 15 is 0 Å². The monoisotopic (exact) mass is 254 g/mol. The molecule has 2 aromatic rings. The molecule has 1 heterocycles. The number of hydrogen-bond donors (Lipinski definition) is 0. The van der Waals surface area contributed by atoms with Crippen LogP contribution < -0.4 is 0 Å². The lowest BCUT2D eigenvalue weighted by Gasteiger charge is -2.02. The highest BCUT2D eigenvalue weighted by molar-refractivity contribution is 6.37. The molecule has 0 N–H and O–H groups in total. The van der Waals surface area contributed by atoms with Crippen LogP contribution in [-0.4, -0.2) is 5.78 Å². The third-order valence-corrected chi connectivity index (χ3v) is 2.79. The van der Waals surface area contributed by atoms with Crippen LogP contribution >= 0.6 is 23.2 Å². The van der Waals surface area contributed by atoms with Crippen molar-refractivity contribution in [1.29, 1.82) is 0 Å². The summed E-state index contributed by atoms with van der Waals surface area (Å²) >= 11 is 11.7. The normalized spacial score (nSPS) is 10.4. The SMILES string of the molecule is Cc1ccoc1C(=O)c1ccc(Cl)cc1Cl. The van der Waals surface area contributed by atoms with Gasteiger partial charge in [-0.2, -0.15) is 0 Å². The lowest BCUT2D eigenvalue weighted by Crippen LogP contribution is -2.02. The zero-order chi connectivity index (χ0) is 11.7. The fourth-order valence-corrected chi connectivity index (χ4v) is 1.90. The summed E-state index contributed by atoms with van der Waals surface area (Å²) in [5.41, 5.74) is 1.18. The predicted molar refractivity (Wildman–Crippen MR) is 63.3 cm³/mol. The van der Waals surface area contributed by atoms with Crippen LogP contribution in [0.15, 0.2) is 34.9 Å². The molecule has 0 unspecified atom stereocenters. The van der Waals surface area contributed by atoms with Gasteiger partial charge in [-0.3, -0.25) is 4.79 Å². The van der Waals surface area contributed by atoms with Gasteiger partial charge in [-0.1, -0.05) is 23.2 Å². The van der Waals surface area contributed by atoms with Crippen molar-refractivity contribution >= 4 is 29.0 Å². The maximum atomic E-state index is 12.0. The summed E-state index contributed by atoms with van der Waals surface area (Å²) in [5, 5.41) is 0.825. The average molecular weight is 255 g/mol. The summed E-state index contributed by atoms with van der Waals surface area (Å²) in [6, 6.07) is 6.49. The molecule has 0 saturated heterocycles. The molecule has 0 saturated carbocycles. The first kappa shape index (κ1) is 11.2. The second kappa shape index (κ2) is 4.32. The second-order valence-electron chi connectivity index (χ2n) is 3.39. The van der Waals surface area contributed by atoms with Crippen molar-refractivity contribution in [1.82, 2.24) is 0 Å². The first-order chi connectivity index (χ1) is 7.59. The first-order valence-corrected chi connectivity index (χ1v) is 5.39. The largest absolute Gasteiger partial charge is 0.461 e. The van der Waals surface area contributed by atoms with Gasteiger partial charge in [0, 0.05) is 10.6 Å². The molecule has 1 aromatic heterocycles. The van der Waals surface area contributed by atoms with Crippen molar-refractivity contribution < 1.29 is 9.21 Å². The summed E-state index contributed by atoms with van der Waals surface area (Å²) in [5.74, 6) is 0.0772. The van der Waals surface area contributed by atoms with Crippen LogP contribution in [0.25, 0.3) is 0 Å². The van der Waals surface area contributed by atoms with Gasteiger partial charge in [0.15, 0.2) is 5.76 Å². The van der Waals surface area contributed by atoms with Crippen LogP contribution in [-0.2, 0) is 0 Å². The van der Waals surface area contributed by atoms with E-state index in [9.17, 15) is 4.79 Å². The Morgan fingerprint density at radius 1 is 1.25 bits per heavy atom. The number of benzene rings is 1. The number of rotatable bonds is 2. The molecule has 0 aliphatic heterocycles. The number of halogens is 2. The molecule has 1 aromatic carbocycles. The number of hydrogen-bond acceptors (Lipinski definition) is 2. The van der Waals surface area contributed by atoms with Crippen LogP contribution in [0, 0.1) is 6.92 Å². The summed E-state index contributed by atoms with van der Waals surface area (Å²) in [6.07, 6.45) is 1.48. The van der Waals surface area contributed by atoms with Gasteiger partial charge < -0.3 is 4.42 Å². The van der Waals surface area contributed by atoms with Crippen LogP contribution in [0.3, 0.4) is 0 Å². The molecule has 82 valence electrons. The van der Waals surface area contributed by atoms with Gasteiger partial charge >= 0.3 is 0 Å². The fraction of sp³-hybridized carbons (Fsp3) is 0.0833. The third kappa shape index (κ3) is 1.99. The highest BCUT2D eigenvalue weighted by Crippen LogP contribution is 2.24.